The van der Waals surface area contributed by atoms with Crippen molar-refractivity contribution in [2.45, 2.75) is 33.1 Å². The van der Waals surface area contributed by atoms with E-state index in [4.69, 9.17) is 5.73 Å². The first-order valence-electron chi connectivity index (χ1n) is 6.04. The van der Waals surface area contributed by atoms with E-state index in [0.29, 0.717) is 5.92 Å². The average molecular weight is 241 g/mol. The zero-order valence-electron chi connectivity index (χ0n) is 10.3. The Kier molecular flexibility index (Phi) is 6.61. The number of nitrogens with one attached hydrogen (secondary N) is 1. The first-order valence-corrected chi connectivity index (χ1v) is 6.92. The van der Waals surface area contributed by atoms with Gasteiger partial charge in [0.05, 0.1) is 10.7 Å². The highest BCUT2D eigenvalue weighted by atomic mass is 32.1. The summed E-state index contributed by atoms with van der Waals surface area (Å²) in [5, 5.41) is 6.75. The topological polar surface area (TPSA) is 50.9 Å². The van der Waals surface area contributed by atoms with Crippen LogP contribution in [-0.4, -0.2) is 24.6 Å². The minimum atomic E-state index is 0.656. The summed E-state index contributed by atoms with van der Waals surface area (Å²) in [6.07, 6.45) is 3.48. The van der Waals surface area contributed by atoms with Crippen molar-refractivity contribution in [2.75, 3.05) is 19.6 Å². The normalized spacial score (nSPS) is 12.9. The van der Waals surface area contributed by atoms with E-state index in [0.717, 1.165) is 31.1 Å². The fourth-order valence-electron chi connectivity index (χ4n) is 1.56. The smallest absolute Gasteiger partial charge is 0.0897 e. The van der Waals surface area contributed by atoms with Gasteiger partial charge in [-0.05, 0) is 38.8 Å². The highest BCUT2D eigenvalue weighted by molar-refractivity contribution is 7.09. The van der Waals surface area contributed by atoms with Crippen molar-refractivity contribution < 1.29 is 0 Å². The number of nitrogens with two attached hydrogens (primary N) is 1. The molecule has 0 saturated carbocycles. The number of hydrogen-bond acceptors (Lipinski definition) is 4. The largest absolute Gasteiger partial charge is 0.330 e. The van der Waals surface area contributed by atoms with Crippen LogP contribution in [-0.2, 0) is 6.42 Å². The van der Waals surface area contributed by atoms with Crippen molar-refractivity contribution in [1.29, 1.82) is 0 Å². The summed E-state index contributed by atoms with van der Waals surface area (Å²) >= 11 is 1.73. The van der Waals surface area contributed by atoms with Crippen LogP contribution in [0, 0.1) is 12.8 Å². The van der Waals surface area contributed by atoms with Gasteiger partial charge in [-0.1, -0.05) is 6.92 Å². The number of rotatable bonds is 8. The lowest BCUT2D eigenvalue weighted by Gasteiger charge is -2.08. The van der Waals surface area contributed by atoms with Crippen molar-refractivity contribution in [2.24, 2.45) is 11.7 Å². The van der Waals surface area contributed by atoms with Gasteiger partial charge in [0, 0.05) is 18.3 Å². The number of nitrogens with zero attached hydrogens (tertiary/aromatic N) is 1. The summed E-state index contributed by atoms with van der Waals surface area (Å²) in [6.45, 7) is 7.18. The highest BCUT2D eigenvalue weighted by Crippen LogP contribution is 2.07. The van der Waals surface area contributed by atoms with Gasteiger partial charge in [-0.2, -0.15) is 0 Å². The molecule has 0 radical (unpaired) electrons. The van der Waals surface area contributed by atoms with E-state index in [-0.39, 0.29) is 0 Å². The quantitative estimate of drug-likeness (QED) is 0.684. The van der Waals surface area contributed by atoms with Crippen molar-refractivity contribution in [1.82, 2.24) is 10.3 Å². The summed E-state index contributed by atoms with van der Waals surface area (Å²) < 4.78 is 0. The molecule has 1 unspecified atom stereocenters. The fraction of sp³-hybridized carbons (Fsp3) is 0.750. The molecule has 0 fully saturated rings. The Hall–Kier alpha value is -0.450. The molecule has 0 spiro atoms. The summed E-state index contributed by atoms with van der Waals surface area (Å²) in [7, 11) is 0. The third-order valence-corrected chi connectivity index (χ3v) is 3.50. The Morgan fingerprint density at radius 1 is 1.50 bits per heavy atom. The zero-order chi connectivity index (χ0) is 11.8. The van der Waals surface area contributed by atoms with E-state index in [1.807, 2.05) is 0 Å². The van der Waals surface area contributed by atoms with E-state index in [1.54, 1.807) is 11.3 Å². The molecule has 92 valence electrons. The molecule has 0 saturated heterocycles. The van der Waals surface area contributed by atoms with Crippen LogP contribution in [0.5, 0.6) is 0 Å². The Balaban J connectivity index is 1.96. The number of thiazole rings is 1. The minimum Gasteiger partial charge on any atom is -0.330 e. The molecule has 16 heavy (non-hydrogen) atoms. The van der Waals surface area contributed by atoms with Crippen molar-refractivity contribution in [3.63, 3.8) is 0 Å². The van der Waals surface area contributed by atoms with E-state index in [9.17, 15) is 0 Å². The number of aryl methyl sites for hydroxylation is 1. The molecule has 0 aliphatic rings. The third kappa shape index (κ3) is 5.58. The summed E-state index contributed by atoms with van der Waals surface area (Å²) in [5.41, 5.74) is 6.78. The molecule has 0 aliphatic heterocycles. The van der Waals surface area contributed by atoms with Gasteiger partial charge in [0.1, 0.15) is 0 Å². The second kappa shape index (κ2) is 7.76. The molecule has 1 rings (SSSR count). The van der Waals surface area contributed by atoms with Crippen LogP contribution in [0.1, 0.15) is 30.5 Å². The van der Waals surface area contributed by atoms with Gasteiger partial charge < -0.3 is 11.1 Å². The average Bonchev–Trinajstić information content (AvgIpc) is 2.69. The van der Waals surface area contributed by atoms with Gasteiger partial charge in [0.15, 0.2) is 0 Å². The lowest BCUT2D eigenvalue weighted by atomic mass is 10.1. The predicted octanol–water partition coefficient (Wildman–Crippen LogP) is 1.96. The van der Waals surface area contributed by atoms with E-state index >= 15 is 0 Å². The highest BCUT2D eigenvalue weighted by Gasteiger charge is 1.99. The molecule has 1 aromatic heterocycles. The molecule has 3 N–H and O–H groups in total. The molecular weight excluding hydrogens is 218 g/mol. The van der Waals surface area contributed by atoms with Crippen molar-refractivity contribution >= 4 is 11.3 Å². The molecule has 0 amide bonds. The van der Waals surface area contributed by atoms with Crippen LogP contribution in [0.3, 0.4) is 0 Å². The zero-order valence-corrected chi connectivity index (χ0v) is 11.1. The van der Waals surface area contributed by atoms with Crippen molar-refractivity contribution in [3.8, 4) is 0 Å². The molecule has 3 nitrogen and oxygen atoms in total. The van der Waals surface area contributed by atoms with E-state index in [2.05, 4.69) is 29.5 Å². The SMILES string of the molecule is Cc1nc(CCNCCCC(C)CN)cs1. The van der Waals surface area contributed by atoms with Crippen LogP contribution >= 0.6 is 11.3 Å². The molecular formula is C12H23N3S. The molecule has 0 bridgehead atoms. The Morgan fingerprint density at radius 3 is 2.94 bits per heavy atom. The van der Waals surface area contributed by atoms with Crippen LogP contribution < -0.4 is 11.1 Å². The van der Waals surface area contributed by atoms with Crippen LogP contribution in [0.25, 0.3) is 0 Å². The summed E-state index contributed by atoms with van der Waals surface area (Å²) in [4.78, 5) is 4.43. The van der Waals surface area contributed by atoms with Gasteiger partial charge in [0.25, 0.3) is 0 Å². The second-order valence-electron chi connectivity index (χ2n) is 4.34. The minimum absolute atomic E-state index is 0.656. The van der Waals surface area contributed by atoms with Crippen LogP contribution in [0.4, 0.5) is 0 Å². The Morgan fingerprint density at radius 2 is 2.31 bits per heavy atom. The maximum atomic E-state index is 5.56. The van der Waals surface area contributed by atoms with Gasteiger partial charge in [-0.25, -0.2) is 4.98 Å². The predicted molar refractivity (Wildman–Crippen MR) is 70.9 cm³/mol. The number of aromatic nitrogens is 1. The molecule has 0 aromatic carbocycles. The lowest BCUT2D eigenvalue weighted by Crippen LogP contribution is -2.20. The maximum Gasteiger partial charge on any atom is 0.0897 e. The van der Waals surface area contributed by atoms with Gasteiger partial charge in [0.2, 0.25) is 0 Å². The maximum absolute atomic E-state index is 5.56. The molecule has 1 aromatic rings. The first kappa shape index (κ1) is 13.6. The van der Waals surface area contributed by atoms with Gasteiger partial charge >= 0.3 is 0 Å². The van der Waals surface area contributed by atoms with E-state index < -0.39 is 0 Å². The first-order chi connectivity index (χ1) is 7.72. The third-order valence-electron chi connectivity index (χ3n) is 2.68. The standard InChI is InChI=1S/C12H23N3S/c1-10(8-13)4-3-6-14-7-5-12-9-16-11(2)15-12/h9-10,14H,3-8,13H2,1-2H3. The monoisotopic (exact) mass is 241 g/mol. The lowest BCUT2D eigenvalue weighted by molar-refractivity contribution is 0.502. The summed E-state index contributed by atoms with van der Waals surface area (Å²) in [6, 6.07) is 0. The Labute approximate surface area is 102 Å². The summed E-state index contributed by atoms with van der Waals surface area (Å²) in [5.74, 6) is 0.656. The fourth-order valence-corrected chi connectivity index (χ4v) is 2.21. The van der Waals surface area contributed by atoms with Gasteiger partial charge in [-0.15, -0.1) is 11.3 Å². The van der Waals surface area contributed by atoms with Gasteiger partial charge in [-0.3, -0.25) is 0 Å². The Bertz CT molecular complexity index is 286. The van der Waals surface area contributed by atoms with E-state index in [1.165, 1.54) is 18.5 Å². The second-order valence-corrected chi connectivity index (χ2v) is 5.40. The molecule has 4 heteroatoms. The van der Waals surface area contributed by atoms with Crippen LogP contribution in [0.15, 0.2) is 5.38 Å². The molecule has 1 atom stereocenters. The number of hydrogen-bond donors (Lipinski definition) is 2. The molecule has 0 aliphatic carbocycles. The van der Waals surface area contributed by atoms with Crippen LogP contribution in [0.2, 0.25) is 0 Å². The van der Waals surface area contributed by atoms with Crippen molar-refractivity contribution in [3.05, 3.63) is 16.1 Å². The molecule has 1 heterocycles.